The quantitative estimate of drug-likeness (QED) is 0.813. The second kappa shape index (κ2) is 4.37. The van der Waals surface area contributed by atoms with Crippen molar-refractivity contribution in [2.24, 2.45) is 11.3 Å². The minimum Gasteiger partial charge on any atom is -0.381 e. The van der Waals surface area contributed by atoms with E-state index in [1.165, 1.54) is 21.2 Å². The Hall–Kier alpha value is -0.290. The van der Waals surface area contributed by atoms with Crippen molar-refractivity contribution in [1.82, 2.24) is 0 Å². The molecule has 1 aliphatic heterocycles. The third-order valence-corrected chi connectivity index (χ3v) is 5.27. The first-order valence-electron chi connectivity index (χ1n) is 6.64. The Morgan fingerprint density at radius 3 is 2.89 bits per heavy atom. The lowest BCUT2D eigenvalue weighted by Gasteiger charge is -2.55. The summed E-state index contributed by atoms with van der Waals surface area (Å²) in [4.78, 5) is 0. The third-order valence-electron chi connectivity index (χ3n) is 4.60. The van der Waals surface area contributed by atoms with Gasteiger partial charge in [-0.25, -0.2) is 0 Å². The summed E-state index contributed by atoms with van der Waals surface area (Å²) in [5.74, 6) is 0.693. The summed E-state index contributed by atoms with van der Waals surface area (Å²) < 4.78 is 7.14. The Kier molecular flexibility index (Phi) is 3.09. The van der Waals surface area contributed by atoms with Crippen LogP contribution in [0.2, 0.25) is 0 Å². The van der Waals surface area contributed by atoms with E-state index in [9.17, 15) is 0 Å². The molecule has 2 fully saturated rings. The molecule has 3 heteroatoms. The number of rotatable bonds is 2. The lowest BCUT2D eigenvalue weighted by Crippen LogP contribution is -2.63. The van der Waals surface area contributed by atoms with Gasteiger partial charge in [0.05, 0.1) is 6.10 Å². The van der Waals surface area contributed by atoms with Crippen molar-refractivity contribution in [1.29, 1.82) is 0 Å². The van der Waals surface area contributed by atoms with Crippen molar-refractivity contribution < 1.29 is 4.74 Å². The van der Waals surface area contributed by atoms with E-state index in [0.29, 0.717) is 18.1 Å². The molecule has 1 aromatic rings. The lowest BCUT2D eigenvalue weighted by molar-refractivity contribution is -0.0923. The highest BCUT2D eigenvalue weighted by Crippen LogP contribution is 2.53. The van der Waals surface area contributed by atoms with Crippen LogP contribution in [0.4, 0.5) is 5.69 Å². The van der Waals surface area contributed by atoms with Gasteiger partial charge in [0.15, 0.2) is 0 Å². The van der Waals surface area contributed by atoms with Crippen LogP contribution >= 0.6 is 22.6 Å². The van der Waals surface area contributed by atoms with Gasteiger partial charge in [0, 0.05) is 33.2 Å². The lowest BCUT2D eigenvalue weighted by atomic mass is 9.57. The number of hydrogen-bond donors (Lipinski definition) is 1. The van der Waals surface area contributed by atoms with Crippen LogP contribution in [0, 0.1) is 21.8 Å². The van der Waals surface area contributed by atoms with Gasteiger partial charge in [0.2, 0.25) is 0 Å². The molecule has 1 heterocycles. The summed E-state index contributed by atoms with van der Waals surface area (Å²) in [7, 11) is 0. The van der Waals surface area contributed by atoms with Gasteiger partial charge in [0.1, 0.15) is 0 Å². The molecule has 1 saturated heterocycles. The van der Waals surface area contributed by atoms with Crippen LogP contribution in [0.5, 0.6) is 0 Å². The van der Waals surface area contributed by atoms with Crippen molar-refractivity contribution in [2.45, 2.75) is 39.3 Å². The molecule has 0 aromatic heterocycles. The van der Waals surface area contributed by atoms with Gasteiger partial charge >= 0.3 is 0 Å². The summed E-state index contributed by atoms with van der Waals surface area (Å²) in [6.07, 6.45) is 1.66. The SMILES string of the molecule is Cc1cc(I)ccc1NC1C2CCOC2C1(C)C. The smallest absolute Gasteiger partial charge is 0.0694 e. The molecular weight excluding hydrogens is 337 g/mol. The Bertz CT molecular complexity index is 472. The molecule has 1 aliphatic carbocycles. The molecule has 3 unspecified atom stereocenters. The topological polar surface area (TPSA) is 21.3 Å². The Morgan fingerprint density at radius 1 is 1.39 bits per heavy atom. The minimum absolute atomic E-state index is 0.247. The summed E-state index contributed by atoms with van der Waals surface area (Å²) in [5.41, 5.74) is 2.86. The zero-order valence-electron chi connectivity index (χ0n) is 11.2. The number of aryl methyl sites for hydroxylation is 1. The Balaban J connectivity index is 1.80. The molecule has 18 heavy (non-hydrogen) atoms. The first kappa shape index (κ1) is 12.7. The molecule has 1 N–H and O–H groups in total. The predicted molar refractivity (Wildman–Crippen MR) is 82.9 cm³/mol. The summed E-state index contributed by atoms with van der Waals surface area (Å²) in [6, 6.07) is 7.15. The highest BCUT2D eigenvalue weighted by molar-refractivity contribution is 14.1. The maximum absolute atomic E-state index is 5.84. The third kappa shape index (κ3) is 1.86. The van der Waals surface area contributed by atoms with E-state index >= 15 is 0 Å². The van der Waals surface area contributed by atoms with Crippen LogP contribution in [-0.4, -0.2) is 18.8 Å². The van der Waals surface area contributed by atoms with Crippen LogP contribution in [0.1, 0.15) is 25.8 Å². The van der Waals surface area contributed by atoms with Crippen molar-refractivity contribution in [3.8, 4) is 0 Å². The number of halogens is 1. The Labute approximate surface area is 123 Å². The molecule has 0 radical (unpaired) electrons. The van der Waals surface area contributed by atoms with Gasteiger partial charge in [-0.05, 0) is 59.7 Å². The first-order chi connectivity index (χ1) is 8.50. The number of ether oxygens (including phenoxy) is 1. The standard InChI is InChI=1S/C15H20INO/c1-9-8-10(16)4-5-12(9)17-13-11-6-7-18-14(11)15(13,2)3/h4-5,8,11,13-14,17H,6-7H2,1-3H3. The van der Waals surface area contributed by atoms with Crippen molar-refractivity contribution >= 4 is 28.3 Å². The average molecular weight is 357 g/mol. The van der Waals surface area contributed by atoms with E-state index in [-0.39, 0.29) is 5.41 Å². The van der Waals surface area contributed by atoms with Crippen LogP contribution in [0.25, 0.3) is 0 Å². The maximum Gasteiger partial charge on any atom is 0.0694 e. The van der Waals surface area contributed by atoms with Crippen molar-refractivity contribution in [3.63, 3.8) is 0 Å². The zero-order valence-corrected chi connectivity index (χ0v) is 13.3. The van der Waals surface area contributed by atoms with Gasteiger partial charge in [0.25, 0.3) is 0 Å². The molecule has 0 spiro atoms. The molecule has 1 saturated carbocycles. The number of anilines is 1. The van der Waals surface area contributed by atoms with Gasteiger partial charge in [-0.2, -0.15) is 0 Å². The van der Waals surface area contributed by atoms with Crippen LogP contribution in [0.3, 0.4) is 0 Å². The molecule has 1 aromatic carbocycles. The monoisotopic (exact) mass is 357 g/mol. The highest BCUT2D eigenvalue weighted by Gasteiger charge is 2.59. The van der Waals surface area contributed by atoms with Gasteiger partial charge in [-0.15, -0.1) is 0 Å². The fourth-order valence-electron chi connectivity index (χ4n) is 3.57. The number of fused-ring (bicyclic) bond motifs is 1. The Morgan fingerprint density at radius 2 is 2.17 bits per heavy atom. The van der Waals surface area contributed by atoms with Crippen molar-refractivity contribution in [2.75, 3.05) is 11.9 Å². The van der Waals surface area contributed by atoms with Crippen LogP contribution < -0.4 is 5.32 Å². The second-order valence-electron chi connectivity index (χ2n) is 6.15. The van der Waals surface area contributed by atoms with Gasteiger partial charge in [-0.1, -0.05) is 13.8 Å². The van der Waals surface area contributed by atoms with E-state index in [0.717, 1.165) is 6.61 Å². The molecule has 0 amide bonds. The van der Waals surface area contributed by atoms with E-state index < -0.39 is 0 Å². The zero-order chi connectivity index (χ0) is 12.9. The average Bonchev–Trinajstić information content (AvgIpc) is 2.74. The normalized spacial score (nSPS) is 32.8. The van der Waals surface area contributed by atoms with Crippen LogP contribution in [-0.2, 0) is 4.74 Å². The van der Waals surface area contributed by atoms with Gasteiger partial charge in [-0.3, -0.25) is 0 Å². The molecule has 3 atom stereocenters. The molecule has 2 aliphatic rings. The van der Waals surface area contributed by atoms with E-state index in [2.05, 4.69) is 66.9 Å². The minimum atomic E-state index is 0.247. The second-order valence-corrected chi connectivity index (χ2v) is 7.39. The fraction of sp³-hybridized carbons (Fsp3) is 0.600. The summed E-state index contributed by atoms with van der Waals surface area (Å²) in [6.45, 7) is 7.75. The highest BCUT2D eigenvalue weighted by atomic mass is 127. The largest absolute Gasteiger partial charge is 0.381 e. The number of nitrogens with one attached hydrogen (secondary N) is 1. The molecule has 98 valence electrons. The predicted octanol–water partition coefficient (Wildman–Crippen LogP) is 3.83. The molecule has 0 bridgehead atoms. The fourth-order valence-corrected chi connectivity index (χ4v) is 4.22. The van der Waals surface area contributed by atoms with E-state index in [4.69, 9.17) is 4.74 Å². The van der Waals surface area contributed by atoms with E-state index in [1.807, 2.05) is 0 Å². The summed E-state index contributed by atoms with van der Waals surface area (Å²) in [5, 5.41) is 3.75. The maximum atomic E-state index is 5.84. The van der Waals surface area contributed by atoms with Crippen molar-refractivity contribution in [3.05, 3.63) is 27.3 Å². The van der Waals surface area contributed by atoms with Crippen LogP contribution in [0.15, 0.2) is 18.2 Å². The summed E-state index contributed by atoms with van der Waals surface area (Å²) >= 11 is 2.36. The molecular formula is C15H20INO. The number of benzene rings is 1. The first-order valence-corrected chi connectivity index (χ1v) is 7.72. The molecule has 3 rings (SSSR count). The van der Waals surface area contributed by atoms with E-state index in [1.54, 1.807) is 0 Å². The van der Waals surface area contributed by atoms with Gasteiger partial charge < -0.3 is 10.1 Å². The number of hydrogen-bond acceptors (Lipinski definition) is 2. The molecule has 2 nitrogen and oxygen atoms in total.